The molecule has 1 atom stereocenters. The average Bonchev–Trinajstić information content (AvgIpc) is 2.51. The van der Waals surface area contributed by atoms with Gasteiger partial charge in [0.1, 0.15) is 0 Å². The molecule has 1 aromatic rings. The number of nitrogens with one attached hydrogen (secondary N) is 1. The van der Waals surface area contributed by atoms with Crippen molar-refractivity contribution in [3.8, 4) is 0 Å². The van der Waals surface area contributed by atoms with Crippen LogP contribution in [0.4, 0.5) is 0 Å². The second-order valence-electron chi connectivity index (χ2n) is 5.92. The van der Waals surface area contributed by atoms with E-state index in [9.17, 15) is 9.59 Å². The van der Waals surface area contributed by atoms with E-state index < -0.39 is 6.04 Å². The maximum Gasteiger partial charge on any atom is 0.307 e. The minimum Gasteiger partial charge on any atom is -0.466 e. The minimum atomic E-state index is -0.594. The number of esters is 1. The van der Waals surface area contributed by atoms with Gasteiger partial charge in [-0.3, -0.25) is 9.59 Å². The molecule has 0 spiro atoms. The van der Waals surface area contributed by atoms with E-state index in [1.807, 2.05) is 24.3 Å². The Balaban J connectivity index is 2.81. The number of carbonyl (C=O) groups excluding carboxylic acids is 2. The third-order valence-corrected chi connectivity index (χ3v) is 3.38. The first-order chi connectivity index (χ1) is 11.0. The fourth-order valence-electron chi connectivity index (χ4n) is 2.35. The maximum atomic E-state index is 12.6. The van der Waals surface area contributed by atoms with Gasteiger partial charge in [-0.05, 0) is 24.8 Å². The second kappa shape index (κ2) is 9.95. The van der Waals surface area contributed by atoms with Crippen LogP contribution in [0.5, 0.6) is 0 Å². The van der Waals surface area contributed by atoms with E-state index in [1.165, 1.54) is 5.56 Å². The van der Waals surface area contributed by atoms with Gasteiger partial charge in [-0.15, -0.1) is 6.58 Å². The van der Waals surface area contributed by atoms with E-state index in [4.69, 9.17) is 4.74 Å². The van der Waals surface area contributed by atoms with Crippen LogP contribution in [0.25, 0.3) is 0 Å². The predicted octanol–water partition coefficient (Wildman–Crippen LogP) is 3.17. The number of hydrogen-bond acceptors (Lipinski definition) is 4. The van der Waals surface area contributed by atoms with Crippen molar-refractivity contribution >= 4 is 11.8 Å². The molecule has 0 bridgehead atoms. The molecule has 4 heteroatoms. The molecule has 23 heavy (non-hydrogen) atoms. The molecule has 0 heterocycles. The standard InChI is InChI=1S/C19H27NO3/c1-5-11-20-17(13-18(21)23-6-2)19(22)16-9-7-15(8-10-16)12-14(3)4/h5,7-10,14,17,20H,1,6,11-13H2,2-4H3. The number of rotatable bonds is 10. The lowest BCUT2D eigenvalue weighted by Gasteiger charge is -2.16. The van der Waals surface area contributed by atoms with Gasteiger partial charge >= 0.3 is 5.97 Å². The quantitative estimate of drug-likeness (QED) is 0.409. The van der Waals surface area contributed by atoms with Crippen molar-refractivity contribution in [2.75, 3.05) is 13.2 Å². The highest BCUT2D eigenvalue weighted by atomic mass is 16.5. The van der Waals surface area contributed by atoms with Gasteiger partial charge < -0.3 is 10.1 Å². The molecule has 0 aliphatic carbocycles. The third kappa shape index (κ3) is 6.78. The van der Waals surface area contributed by atoms with Crippen molar-refractivity contribution in [1.29, 1.82) is 0 Å². The molecular formula is C19H27NO3. The Morgan fingerprint density at radius 3 is 2.43 bits per heavy atom. The van der Waals surface area contributed by atoms with Crippen LogP contribution in [-0.2, 0) is 16.0 Å². The highest BCUT2D eigenvalue weighted by Gasteiger charge is 2.23. The minimum absolute atomic E-state index is 0.0221. The summed E-state index contributed by atoms with van der Waals surface area (Å²) in [5.41, 5.74) is 1.81. The van der Waals surface area contributed by atoms with Gasteiger partial charge in [0.05, 0.1) is 19.1 Å². The maximum absolute atomic E-state index is 12.6. The summed E-state index contributed by atoms with van der Waals surface area (Å²) in [6.07, 6.45) is 2.67. The molecule has 0 saturated carbocycles. The molecule has 1 unspecified atom stereocenters. The van der Waals surface area contributed by atoms with E-state index >= 15 is 0 Å². The van der Waals surface area contributed by atoms with E-state index in [1.54, 1.807) is 13.0 Å². The van der Waals surface area contributed by atoms with Crippen LogP contribution < -0.4 is 5.32 Å². The van der Waals surface area contributed by atoms with Crippen LogP contribution >= 0.6 is 0 Å². The highest BCUT2D eigenvalue weighted by Crippen LogP contribution is 2.12. The second-order valence-corrected chi connectivity index (χ2v) is 5.92. The molecule has 4 nitrogen and oxygen atoms in total. The zero-order valence-corrected chi connectivity index (χ0v) is 14.3. The van der Waals surface area contributed by atoms with Crippen molar-refractivity contribution < 1.29 is 14.3 Å². The third-order valence-electron chi connectivity index (χ3n) is 3.38. The Bertz CT molecular complexity index is 520. The molecule has 1 rings (SSSR count). The van der Waals surface area contributed by atoms with Crippen molar-refractivity contribution in [2.45, 2.75) is 39.7 Å². The highest BCUT2D eigenvalue weighted by molar-refractivity contribution is 6.01. The van der Waals surface area contributed by atoms with Gasteiger partial charge in [0.2, 0.25) is 0 Å². The first kappa shape index (κ1) is 19.1. The monoisotopic (exact) mass is 317 g/mol. The molecule has 0 saturated heterocycles. The normalized spacial score (nSPS) is 12.0. The topological polar surface area (TPSA) is 55.4 Å². The van der Waals surface area contributed by atoms with Crippen LogP contribution in [0.3, 0.4) is 0 Å². The molecule has 0 aromatic heterocycles. The Hall–Kier alpha value is -1.94. The molecular weight excluding hydrogens is 290 g/mol. The number of hydrogen-bond donors (Lipinski definition) is 1. The van der Waals surface area contributed by atoms with Crippen LogP contribution in [0, 0.1) is 5.92 Å². The molecule has 1 N–H and O–H groups in total. The Morgan fingerprint density at radius 2 is 1.91 bits per heavy atom. The van der Waals surface area contributed by atoms with Crippen LogP contribution in [0.1, 0.15) is 43.1 Å². The zero-order chi connectivity index (χ0) is 17.2. The lowest BCUT2D eigenvalue weighted by atomic mass is 9.97. The molecule has 0 fully saturated rings. The molecule has 126 valence electrons. The molecule has 0 radical (unpaired) electrons. The van der Waals surface area contributed by atoms with Crippen molar-refractivity contribution in [2.24, 2.45) is 5.92 Å². The Labute approximate surface area is 138 Å². The van der Waals surface area contributed by atoms with Gasteiger partial charge in [-0.1, -0.05) is 44.2 Å². The lowest BCUT2D eigenvalue weighted by molar-refractivity contribution is -0.143. The van der Waals surface area contributed by atoms with Crippen molar-refractivity contribution in [1.82, 2.24) is 5.32 Å². The molecule has 0 amide bonds. The zero-order valence-electron chi connectivity index (χ0n) is 14.3. The predicted molar refractivity (Wildman–Crippen MR) is 92.6 cm³/mol. The summed E-state index contributed by atoms with van der Waals surface area (Å²) >= 11 is 0. The Kier molecular flexibility index (Phi) is 8.27. The largest absolute Gasteiger partial charge is 0.466 e. The summed E-state index contributed by atoms with van der Waals surface area (Å²) < 4.78 is 4.94. The fourth-order valence-corrected chi connectivity index (χ4v) is 2.35. The number of ketones is 1. The van der Waals surface area contributed by atoms with Gasteiger partial charge in [0, 0.05) is 12.1 Å². The summed E-state index contributed by atoms with van der Waals surface area (Å²) in [6.45, 7) is 10.5. The smallest absolute Gasteiger partial charge is 0.307 e. The van der Waals surface area contributed by atoms with E-state index in [0.717, 1.165) is 6.42 Å². The lowest BCUT2D eigenvalue weighted by Crippen LogP contribution is -2.39. The van der Waals surface area contributed by atoms with Gasteiger partial charge in [0.25, 0.3) is 0 Å². The number of ether oxygens (including phenoxy) is 1. The Morgan fingerprint density at radius 1 is 1.26 bits per heavy atom. The van der Waals surface area contributed by atoms with Gasteiger partial charge in [-0.25, -0.2) is 0 Å². The van der Waals surface area contributed by atoms with E-state index in [2.05, 4.69) is 25.7 Å². The summed E-state index contributed by atoms with van der Waals surface area (Å²) in [5.74, 6) is 0.0946. The van der Waals surface area contributed by atoms with E-state index in [-0.39, 0.29) is 18.2 Å². The summed E-state index contributed by atoms with van der Waals surface area (Å²) in [7, 11) is 0. The molecule has 0 aliphatic rings. The summed E-state index contributed by atoms with van der Waals surface area (Å²) in [4.78, 5) is 24.3. The summed E-state index contributed by atoms with van der Waals surface area (Å²) in [5, 5.41) is 3.04. The summed E-state index contributed by atoms with van der Waals surface area (Å²) in [6, 6.07) is 7.01. The van der Waals surface area contributed by atoms with Crippen molar-refractivity contribution in [3.05, 3.63) is 48.0 Å². The fraction of sp³-hybridized carbons (Fsp3) is 0.474. The number of Topliss-reactive ketones (excluding diaryl/α,β-unsaturated/α-hetero) is 1. The number of benzene rings is 1. The van der Waals surface area contributed by atoms with E-state index in [0.29, 0.717) is 24.6 Å². The first-order valence-electron chi connectivity index (χ1n) is 8.11. The molecule has 1 aromatic carbocycles. The number of carbonyl (C=O) groups is 2. The van der Waals surface area contributed by atoms with Gasteiger partial charge in [0.15, 0.2) is 5.78 Å². The van der Waals surface area contributed by atoms with Crippen molar-refractivity contribution in [3.63, 3.8) is 0 Å². The average molecular weight is 317 g/mol. The first-order valence-corrected chi connectivity index (χ1v) is 8.11. The molecule has 0 aliphatic heterocycles. The van der Waals surface area contributed by atoms with Crippen LogP contribution in [-0.4, -0.2) is 30.9 Å². The van der Waals surface area contributed by atoms with Crippen LogP contribution in [0.15, 0.2) is 36.9 Å². The van der Waals surface area contributed by atoms with Crippen LogP contribution in [0.2, 0.25) is 0 Å². The SMILES string of the molecule is C=CCNC(CC(=O)OCC)C(=O)c1ccc(CC(C)C)cc1. The van der Waals surface area contributed by atoms with Gasteiger partial charge in [-0.2, -0.15) is 0 Å².